The van der Waals surface area contributed by atoms with Gasteiger partial charge in [0.1, 0.15) is 5.00 Å². The van der Waals surface area contributed by atoms with Crippen molar-refractivity contribution in [2.45, 2.75) is 45.4 Å². The number of rotatable bonds is 10. The summed E-state index contributed by atoms with van der Waals surface area (Å²) in [4.78, 5) is 51.4. The van der Waals surface area contributed by atoms with E-state index < -0.39 is 18.5 Å². The van der Waals surface area contributed by atoms with Gasteiger partial charge in [-0.25, -0.2) is 0 Å². The van der Waals surface area contributed by atoms with Crippen molar-refractivity contribution >= 4 is 51.5 Å². The molecule has 2 N–H and O–H groups in total. The molecule has 2 amide bonds. The van der Waals surface area contributed by atoms with Crippen LogP contribution < -0.4 is 10.6 Å². The second-order valence-electron chi connectivity index (χ2n) is 9.19. The van der Waals surface area contributed by atoms with E-state index in [0.717, 1.165) is 41.7 Å². The standard InChI is InChI=1S/C29H29ClN2O5S/c1-18-8-10-19(11-9-18)27(35)26-22-5-2-3-6-23(22)38-29(26)32-24(33)17-37-25(34)7-4-16-31-28(36)20-12-14-21(30)15-13-20/h8-15H,2-7,16-17H2,1H3,(H,31,36)(H,32,33). The number of ketones is 1. The quantitative estimate of drug-likeness (QED) is 0.196. The smallest absolute Gasteiger partial charge is 0.306 e. The number of nitrogens with one attached hydrogen (secondary N) is 2. The predicted molar refractivity (Wildman–Crippen MR) is 148 cm³/mol. The third-order valence-electron chi connectivity index (χ3n) is 6.28. The molecule has 1 heterocycles. The molecule has 0 spiro atoms. The lowest BCUT2D eigenvalue weighted by Gasteiger charge is -2.13. The molecule has 7 nitrogen and oxygen atoms in total. The molecular weight excluding hydrogens is 524 g/mol. The fraction of sp³-hybridized carbons (Fsp3) is 0.310. The van der Waals surface area contributed by atoms with Gasteiger partial charge in [-0.15, -0.1) is 11.3 Å². The number of hydrogen-bond donors (Lipinski definition) is 2. The molecule has 0 saturated heterocycles. The van der Waals surface area contributed by atoms with Crippen LogP contribution in [0.2, 0.25) is 5.02 Å². The summed E-state index contributed by atoms with van der Waals surface area (Å²) in [5.41, 5.74) is 3.67. The van der Waals surface area contributed by atoms with E-state index in [1.54, 1.807) is 36.4 Å². The zero-order valence-corrected chi connectivity index (χ0v) is 22.7. The fourth-order valence-corrected chi connectivity index (χ4v) is 5.69. The van der Waals surface area contributed by atoms with Gasteiger partial charge in [0.2, 0.25) is 0 Å². The van der Waals surface area contributed by atoms with E-state index in [2.05, 4.69) is 10.6 Å². The second kappa shape index (κ2) is 12.8. The van der Waals surface area contributed by atoms with Gasteiger partial charge in [-0.05, 0) is 68.9 Å². The summed E-state index contributed by atoms with van der Waals surface area (Å²) in [7, 11) is 0. The summed E-state index contributed by atoms with van der Waals surface area (Å²) in [6, 6.07) is 13.9. The van der Waals surface area contributed by atoms with Gasteiger partial charge in [0.15, 0.2) is 12.4 Å². The first-order valence-electron chi connectivity index (χ1n) is 12.6. The number of halogens is 1. The van der Waals surface area contributed by atoms with Gasteiger partial charge in [-0.2, -0.15) is 0 Å². The molecule has 1 aliphatic rings. The molecule has 0 aliphatic heterocycles. The van der Waals surface area contributed by atoms with Crippen LogP contribution in [0.15, 0.2) is 48.5 Å². The molecule has 198 valence electrons. The van der Waals surface area contributed by atoms with E-state index in [-0.39, 0.29) is 24.7 Å². The van der Waals surface area contributed by atoms with Crippen LogP contribution in [0.3, 0.4) is 0 Å². The number of ether oxygens (including phenoxy) is 1. The monoisotopic (exact) mass is 552 g/mol. The number of benzene rings is 2. The molecule has 0 bridgehead atoms. The Morgan fingerprint density at radius 1 is 0.947 bits per heavy atom. The lowest BCUT2D eigenvalue weighted by molar-refractivity contribution is -0.147. The SMILES string of the molecule is Cc1ccc(C(=O)c2c(NC(=O)COC(=O)CCCNC(=O)c3ccc(Cl)cc3)sc3c2CCCC3)cc1. The van der Waals surface area contributed by atoms with Gasteiger partial charge < -0.3 is 15.4 Å². The van der Waals surface area contributed by atoms with Crippen molar-refractivity contribution in [2.75, 3.05) is 18.5 Å². The van der Waals surface area contributed by atoms with Gasteiger partial charge in [-0.3, -0.25) is 19.2 Å². The Morgan fingerprint density at radius 2 is 1.63 bits per heavy atom. The molecule has 0 radical (unpaired) electrons. The Kier molecular flexibility index (Phi) is 9.31. The highest BCUT2D eigenvalue weighted by Crippen LogP contribution is 2.39. The average molecular weight is 553 g/mol. The summed E-state index contributed by atoms with van der Waals surface area (Å²) in [6.45, 7) is 1.80. The van der Waals surface area contributed by atoms with Gasteiger partial charge in [0.05, 0.1) is 5.56 Å². The van der Waals surface area contributed by atoms with Crippen molar-refractivity contribution in [3.63, 3.8) is 0 Å². The van der Waals surface area contributed by atoms with Crippen molar-refractivity contribution in [1.29, 1.82) is 0 Å². The molecule has 1 aromatic heterocycles. The summed E-state index contributed by atoms with van der Waals surface area (Å²) >= 11 is 7.25. The van der Waals surface area contributed by atoms with E-state index in [0.29, 0.717) is 33.1 Å². The van der Waals surface area contributed by atoms with Gasteiger partial charge in [0, 0.05) is 34.0 Å². The maximum absolute atomic E-state index is 13.4. The number of carbonyl (C=O) groups is 4. The zero-order chi connectivity index (χ0) is 27.1. The normalized spacial score (nSPS) is 12.4. The van der Waals surface area contributed by atoms with E-state index in [9.17, 15) is 19.2 Å². The fourth-order valence-electron chi connectivity index (χ4n) is 4.26. The Hall–Kier alpha value is -3.49. The number of thiophene rings is 1. The molecule has 0 fully saturated rings. The Morgan fingerprint density at radius 3 is 2.37 bits per heavy atom. The Balaban J connectivity index is 1.28. The summed E-state index contributed by atoms with van der Waals surface area (Å²) in [6.07, 6.45) is 4.16. The van der Waals surface area contributed by atoms with Gasteiger partial charge in [0.25, 0.3) is 11.8 Å². The average Bonchev–Trinajstić information content (AvgIpc) is 3.27. The highest BCUT2D eigenvalue weighted by molar-refractivity contribution is 7.17. The van der Waals surface area contributed by atoms with Crippen LogP contribution in [0.5, 0.6) is 0 Å². The molecule has 0 saturated carbocycles. The van der Waals surface area contributed by atoms with Gasteiger partial charge in [-0.1, -0.05) is 41.4 Å². The van der Waals surface area contributed by atoms with Crippen LogP contribution in [-0.4, -0.2) is 36.7 Å². The van der Waals surface area contributed by atoms with Crippen molar-refractivity contribution in [1.82, 2.24) is 5.32 Å². The molecule has 0 atom stereocenters. The Bertz CT molecular complexity index is 1330. The van der Waals surface area contributed by atoms with Gasteiger partial charge >= 0.3 is 5.97 Å². The molecular formula is C29H29ClN2O5S. The van der Waals surface area contributed by atoms with Crippen LogP contribution >= 0.6 is 22.9 Å². The number of esters is 1. The molecule has 3 aromatic rings. The second-order valence-corrected chi connectivity index (χ2v) is 10.7. The van der Waals surface area contributed by atoms with Crippen LogP contribution in [0.4, 0.5) is 5.00 Å². The van der Waals surface area contributed by atoms with Crippen LogP contribution in [0.1, 0.15) is 68.0 Å². The van der Waals surface area contributed by atoms with Crippen LogP contribution in [0.25, 0.3) is 0 Å². The first-order chi connectivity index (χ1) is 18.3. The zero-order valence-electron chi connectivity index (χ0n) is 21.1. The number of amides is 2. The third kappa shape index (κ3) is 7.08. The number of carbonyl (C=O) groups excluding carboxylic acids is 4. The van der Waals surface area contributed by atoms with Crippen molar-refractivity contribution < 1.29 is 23.9 Å². The van der Waals surface area contributed by atoms with Crippen LogP contribution in [0, 0.1) is 6.92 Å². The molecule has 2 aromatic carbocycles. The molecule has 1 aliphatic carbocycles. The van der Waals surface area contributed by atoms with Crippen molar-refractivity contribution in [2.24, 2.45) is 0 Å². The number of fused-ring (bicyclic) bond motifs is 1. The highest BCUT2D eigenvalue weighted by Gasteiger charge is 2.27. The van der Waals surface area contributed by atoms with E-state index >= 15 is 0 Å². The lowest BCUT2D eigenvalue weighted by Crippen LogP contribution is -2.25. The molecule has 0 unspecified atom stereocenters. The maximum Gasteiger partial charge on any atom is 0.306 e. The first-order valence-corrected chi connectivity index (χ1v) is 13.8. The third-order valence-corrected chi connectivity index (χ3v) is 7.74. The summed E-state index contributed by atoms with van der Waals surface area (Å²) in [5, 5.41) is 6.58. The van der Waals surface area contributed by atoms with E-state index in [4.69, 9.17) is 16.3 Å². The minimum Gasteiger partial charge on any atom is -0.456 e. The predicted octanol–water partition coefficient (Wildman–Crippen LogP) is 5.51. The molecule has 4 rings (SSSR count). The Labute approximate surface area is 230 Å². The number of hydrogen-bond acceptors (Lipinski definition) is 6. The molecule has 9 heteroatoms. The highest BCUT2D eigenvalue weighted by atomic mass is 35.5. The minimum atomic E-state index is -0.540. The maximum atomic E-state index is 13.4. The number of anilines is 1. The number of aryl methyl sites for hydroxylation is 2. The molecule has 38 heavy (non-hydrogen) atoms. The van der Waals surface area contributed by atoms with E-state index in [1.165, 1.54) is 11.3 Å². The largest absolute Gasteiger partial charge is 0.456 e. The lowest BCUT2D eigenvalue weighted by atomic mass is 9.91. The van der Waals surface area contributed by atoms with E-state index in [1.807, 2.05) is 19.1 Å². The van der Waals surface area contributed by atoms with Crippen molar-refractivity contribution in [3.8, 4) is 0 Å². The topological polar surface area (TPSA) is 102 Å². The minimum absolute atomic E-state index is 0.0542. The summed E-state index contributed by atoms with van der Waals surface area (Å²) < 4.78 is 5.12. The first kappa shape index (κ1) is 27.5. The summed E-state index contributed by atoms with van der Waals surface area (Å²) in [5.74, 6) is -1.41. The van der Waals surface area contributed by atoms with Crippen molar-refractivity contribution in [3.05, 3.63) is 86.2 Å². The van der Waals surface area contributed by atoms with Crippen LogP contribution in [-0.2, 0) is 27.2 Å².